The third-order valence-corrected chi connectivity index (χ3v) is 8.75. The highest BCUT2D eigenvalue weighted by molar-refractivity contribution is 5.74. The van der Waals surface area contributed by atoms with E-state index in [2.05, 4.69) is 51.0 Å². The minimum Gasteiger partial charge on any atom is -0.370 e. The number of morpholine rings is 1. The Hall–Kier alpha value is -3.23. The molecular weight excluding hydrogens is 497 g/mol. The van der Waals surface area contributed by atoms with Crippen molar-refractivity contribution in [3.63, 3.8) is 0 Å². The van der Waals surface area contributed by atoms with E-state index < -0.39 is 5.82 Å². The molecule has 0 unspecified atom stereocenters. The van der Waals surface area contributed by atoms with Gasteiger partial charge in [-0.05, 0) is 55.7 Å². The third-order valence-electron chi connectivity index (χ3n) is 8.75. The molecule has 3 atom stereocenters. The molecule has 0 radical (unpaired) electrons. The van der Waals surface area contributed by atoms with Gasteiger partial charge >= 0.3 is 0 Å². The maximum absolute atomic E-state index is 14.7. The number of likely N-dealkylation sites (tertiary alicyclic amines) is 1. The number of rotatable bonds is 4. The molecule has 0 saturated carbocycles. The Morgan fingerprint density at radius 1 is 1.18 bits per heavy atom. The number of fused-ring (bicyclic) bond motifs is 3. The Morgan fingerprint density at radius 3 is 2.79 bits per heavy atom. The Morgan fingerprint density at radius 2 is 2.03 bits per heavy atom. The number of ether oxygens (including phenoxy) is 2. The zero-order valence-electron chi connectivity index (χ0n) is 22.4. The van der Waals surface area contributed by atoms with Gasteiger partial charge < -0.3 is 25.0 Å². The first-order valence-electron chi connectivity index (χ1n) is 13.7. The first-order chi connectivity index (χ1) is 18.7. The maximum atomic E-state index is 14.7. The van der Waals surface area contributed by atoms with Crippen LogP contribution in [0.15, 0.2) is 36.5 Å². The fraction of sp³-hybridized carbons (Fsp3) is 0.517. The molecule has 1 aromatic carbocycles. The summed E-state index contributed by atoms with van der Waals surface area (Å²) in [4.78, 5) is 6.92. The van der Waals surface area contributed by atoms with Gasteiger partial charge in [0.05, 0.1) is 30.7 Å². The Balaban J connectivity index is 1.03. The molecule has 3 saturated heterocycles. The van der Waals surface area contributed by atoms with E-state index >= 15 is 0 Å². The monoisotopic (exact) mass is 531 g/mol. The van der Waals surface area contributed by atoms with Crippen LogP contribution in [0.2, 0.25) is 0 Å². The van der Waals surface area contributed by atoms with Gasteiger partial charge in [-0.1, -0.05) is 6.07 Å². The topological polar surface area (TPSA) is 95.3 Å². The van der Waals surface area contributed by atoms with Crippen molar-refractivity contribution in [2.75, 3.05) is 55.6 Å². The van der Waals surface area contributed by atoms with Crippen molar-refractivity contribution in [3.8, 4) is 6.07 Å². The van der Waals surface area contributed by atoms with Gasteiger partial charge in [-0.25, -0.2) is 8.91 Å². The van der Waals surface area contributed by atoms with Crippen LogP contribution in [0.1, 0.15) is 37.1 Å². The summed E-state index contributed by atoms with van der Waals surface area (Å²) in [5.74, 6) is -0.426. The molecule has 2 aromatic heterocycles. The van der Waals surface area contributed by atoms with Crippen LogP contribution in [-0.4, -0.2) is 78.1 Å². The molecular formula is C29H34FN7O2. The van der Waals surface area contributed by atoms with Crippen molar-refractivity contribution in [2.45, 2.75) is 50.2 Å². The molecule has 2 N–H and O–H groups in total. The molecule has 6 heterocycles. The van der Waals surface area contributed by atoms with E-state index in [-0.39, 0.29) is 23.3 Å². The average Bonchev–Trinajstić information content (AvgIpc) is 3.58. The second-order valence-corrected chi connectivity index (χ2v) is 12.1. The normalized spacial score (nSPS) is 28.2. The number of nitrogens with zero attached hydrogens (tertiary/aromatic N) is 6. The molecule has 0 aliphatic carbocycles. The Labute approximate surface area is 227 Å². The van der Waals surface area contributed by atoms with Gasteiger partial charge in [0.2, 0.25) is 0 Å². The molecule has 4 aliphatic rings. The SMILES string of the molecule is C[C@@H]1CN(c2ccc(C#N)n3ncc(F)c23)C[C@H](CN2CC3(C2)OCc2cc(N4CC[C@](C)(N)C4)ccc23)O1. The highest BCUT2D eigenvalue weighted by Gasteiger charge is 2.50. The summed E-state index contributed by atoms with van der Waals surface area (Å²) in [6.07, 6.45) is 2.13. The van der Waals surface area contributed by atoms with Gasteiger partial charge in [0, 0.05) is 57.0 Å². The van der Waals surface area contributed by atoms with Crippen LogP contribution in [0.25, 0.3) is 5.52 Å². The lowest BCUT2D eigenvalue weighted by Crippen LogP contribution is -2.62. The standard InChI is InChI=1S/C29H34FN7O2/c1-19-12-36(26-6-4-22(10-31)37-27(26)25(30)11-33-37)14-23(39-19)13-34-17-29(18-34)24-5-3-21(9-20(24)15-38-29)35-8-7-28(2,32)16-35/h3-6,9,11,19,23H,7-8,12-18,32H2,1-2H3/t19-,23+,28+/m1/s1. The van der Waals surface area contributed by atoms with Gasteiger partial charge in [-0.3, -0.25) is 4.90 Å². The molecule has 39 heavy (non-hydrogen) atoms. The second kappa shape index (κ2) is 8.89. The van der Waals surface area contributed by atoms with Crippen molar-refractivity contribution >= 4 is 16.9 Å². The number of aromatic nitrogens is 2. The number of hydrogen-bond acceptors (Lipinski definition) is 8. The maximum Gasteiger partial charge on any atom is 0.171 e. The van der Waals surface area contributed by atoms with Gasteiger partial charge in [0.1, 0.15) is 22.9 Å². The number of hydrogen-bond donors (Lipinski definition) is 1. The number of anilines is 2. The fourth-order valence-electron chi connectivity index (χ4n) is 6.93. The lowest BCUT2D eigenvalue weighted by Gasteiger charge is -2.50. The van der Waals surface area contributed by atoms with E-state index in [9.17, 15) is 9.65 Å². The van der Waals surface area contributed by atoms with Gasteiger partial charge in [-0.15, -0.1) is 0 Å². The summed E-state index contributed by atoms with van der Waals surface area (Å²) in [5.41, 5.74) is 11.2. The summed E-state index contributed by atoms with van der Waals surface area (Å²) in [6.45, 7) is 10.4. The van der Waals surface area contributed by atoms with Crippen LogP contribution in [0.4, 0.5) is 15.8 Å². The number of nitriles is 1. The minimum absolute atomic E-state index is 0.0106. The Kier molecular flexibility index (Phi) is 5.65. The Bertz CT molecular complexity index is 1470. The van der Waals surface area contributed by atoms with E-state index in [0.29, 0.717) is 30.9 Å². The zero-order chi connectivity index (χ0) is 26.9. The quantitative estimate of drug-likeness (QED) is 0.549. The first-order valence-corrected chi connectivity index (χ1v) is 13.7. The highest BCUT2D eigenvalue weighted by Crippen LogP contribution is 2.45. The van der Waals surface area contributed by atoms with Gasteiger partial charge in [-0.2, -0.15) is 10.4 Å². The van der Waals surface area contributed by atoms with Crippen molar-refractivity contribution < 1.29 is 13.9 Å². The summed E-state index contributed by atoms with van der Waals surface area (Å²) < 4.78 is 28.8. The molecule has 3 aromatic rings. The lowest BCUT2D eigenvalue weighted by atomic mass is 9.85. The van der Waals surface area contributed by atoms with Crippen molar-refractivity contribution in [1.82, 2.24) is 14.5 Å². The minimum atomic E-state index is -0.426. The summed E-state index contributed by atoms with van der Waals surface area (Å²) in [6, 6.07) is 12.4. The van der Waals surface area contributed by atoms with E-state index in [1.807, 2.05) is 13.0 Å². The van der Waals surface area contributed by atoms with Crippen LogP contribution in [-0.2, 0) is 21.7 Å². The van der Waals surface area contributed by atoms with Crippen molar-refractivity contribution in [2.24, 2.45) is 5.73 Å². The lowest BCUT2D eigenvalue weighted by molar-refractivity contribution is -0.155. The number of benzene rings is 1. The van der Waals surface area contributed by atoms with Crippen LogP contribution in [0, 0.1) is 17.1 Å². The summed E-state index contributed by atoms with van der Waals surface area (Å²) in [7, 11) is 0. The number of nitrogens with two attached hydrogens (primary N) is 1. The van der Waals surface area contributed by atoms with Crippen LogP contribution >= 0.6 is 0 Å². The molecule has 3 fully saturated rings. The molecule has 204 valence electrons. The molecule has 7 rings (SSSR count). The zero-order valence-corrected chi connectivity index (χ0v) is 22.4. The molecule has 9 nitrogen and oxygen atoms in total. The highest BCUT2D eigenvalue weighted by atomic mass is 19.1. The summed E-state index contributed by atoms with van der Waals surface area (Å²) in [5, 5.41) is 13.5. The summed E-state index contributed by atoms with van der Waals surface area (Å²) >= 11 is 0. The van der Waals surface area contributed by atoms with E-state index in [0.717, 1.165) is 44.8 Å². The second-order valence-electron chi connectivity index (χ2n) is 12.1. The van der Waals surface area contributed by atoms with E-state index in [4.69, 9.17) is 15.2 Å². The largest absolute Gasteiger partial charge is 0.370 e. The molecule has 0 bridgehead atoms. The van der Waals surface area contributed by atoms with Crippen LogP contribution in [0.3, 0.4) is 0 Å². The van der Waals surface area contributed by atoms with E-state index in [1.165, 1.54) is 27.5 Å². The number of pyridine rings is 1. The fourth-order valence-corrected chi connectivity index (χ4v) is 6.93. The number of halogens is 1. The van der Waals surface area contributed by atoms with Crippen LogP contribution < -0.4 is 15.5 Å². The molecule has 4 aliphatic heterocycles. The smallest absolute Gasteiger partial charge is 0.171 e. The predicted molar refractivity (Wildman–Crippen MR) is 145 cm³/mol. The van der Waals surface area contributed by atoms with Crippen molar-refractivity contribution in [3.05, 3.63) is 59.2 Å². The van der Waals surface area contributed by atoms with Crippen LogP contribution in [0.5, 0.6) is 0 Å². The predicted octanol–water partition coefficient (Wildman–Crippen LogP) is 2.61. The van der Waals surface area contributed by atoms with E-state index in [1.54, 1.807) is 6.07 Å². The molecule has 10 heteroatoms. The van der Waals surface area contributed by atoms with Crippen molar-refractivity contribution in [1.29, 1.82) is 5.26 Å². The molecule has 1 spiro atoms. The van der Waals surface area contributed by atoms with Gasteiger partial charge in [0.25, 0.3) is 0 Å². The third kappa shape index (κ3) is 4.16. The average molecular weight is 532 g/mol. The first kappa shape index (κ1) is 24.8. The van der Waals surface area contributed by atoms with Gasteiger partial charge in [0.15, 0.2) is 5.82 Å². The molecule has 0 amide bonds.